The van der Waals surface area contributed by atoms with Crippen molar-refractivity contribution < 1.29 is 4.74 Å². The number of aromatic nitrogens is 2. The normalized spacial score (nSPS) is 17.4. The van der Waals surface area contributed by atoms with Crippen molar-refractivity contribution in [2.45, 2.75) is 26.0 Å². The maximum absolute atomic E-state index is 6.04. The lowest BCUT2D eigenvalue weighted by atomic mass is 9.97. The van der Waals surface area contributed by atoms with E-state index in [2.05, 4.69) is 58.4 Å². The third-order valence-corrected chi connectivity index (χ3v) is 5.25. The molecule has 1 aliphatic rings. The van der Waals surface area contributed by atoms with Crippen molar-refractivity contribution in [1.82, 2.24) is 9.55 Å². The van der Waals surface area contributed by atoms with Crippen molar-refractivity contribution in [3.8, 4) is 10.7 Å². The van der Waals surface area contributed by atoms with E-state index in [0.717, 1.165) is 25.4 Å². The van der Waals surface area contributed by atoms with E-state index in [1.54, 1.807) is 11.3 Å². The predicted octanol–water partition coefficient (Wildman–Crippen LogP) is 4.23. The Balaban J connectivity index is 1.66. The summed E-state index contributed by atoms with van der Waals surface area (Å²) >= 11 is 1.74. The molecule has 0 saturated heterocycles. The number of rotatable bonds is 3. The summed E-state index contributed by atoms with van der Waals surface area (Å²) in [6, 6.07) is 10.7. The van der Waals surface area contributed by atoms with Crippen LogP contribution in [0.1, 0.15) is 22.8 Å². The van der Waals surface area contributed by atoms with Gasteiger partial charge in [-0.2, -0.15) is 0 Å². The van der Waals surface area contributed by atoms with Crippen molar-refractivity contribution in [2.24, 2.45) is 0 Å². The Bertz CT molecular complexity index is 790. The summed E-state index contributed by atoms with van der Waals surface area (Å²) in [5, 5.41) is 2.12. The maximum atomic E-state index is 6.04. The van der Waals surface area contributed by atoms with E-state index in [1.165, 1.54) is 21.6 Å². The van der Waals surface area contributed by atoms with Gasteiger partial charge in [0.25, 0.3) is 0 Å². The van der Waals surface area contributed by atoms with Gasteiger partial charge in [0.15, 0.2) is 0 Å². The summed E-state index contributed by atoms with van der Waals surface area (Å²) in [5.74, 6) is 1.04. The van der Waals surface area contributed by atoms with Gasteiger partial charge >= 0.3 is 0 Å². The minimum absolute atomic E-state index is 0.109. The number of ether oxygens (including phenoxy) is 1. The quantitative estimate of drug-likeness (QED) is 0.723. The van der Waals surface area contributed by atoms with Gasteiger partial charge < -0.3 is 9.30 Å². The lowest BCUT2D eigenvalue weighted by Crippen LogP contribution is -2.20. The van der Waals surface area contributed by atoms with Crippen LogP contribution in [-0.2, 0) is 17.7 Å². The zero-order valence-corrected chi connectivity index (χ0v) is 13.3. The molecule has 112 valence electrons. The second-order valence-corrected chi connectivity index (χ2v) is 6.56. The molecule has 2 aromatic heterocycles. The monoisotopic (exact) mass is 310 g/mol. The van der Waals surface area contributed by atoms with Gasteiger partial charge in [-0.25, -0.2) is 4.98 Å². The van der Waals surface area contributed by atoms with Crippen molar-refractivity contribution in [2.75, 3.05) is 6.61 Å². The number of aryl methyl sites for hydroxylation is 1. The second kappa shape index (κ2) is 5.71. The van der Waals surface area contributed by atoms with Crippen LogP contribution in [0.3, 0.4) is 0 Å². The molecule has 0 N–H and O–H groups in total. The van der Waals surface area contributed by atoms with E-state index in [-0.39, 0.29) is 6.10 Å². The Morgan fingerprint density at radius 1 is 1.32 bits per heavy atom. The first kappa shape index (κ1) is 13.7. The molecule has 3 aromatic rings. The highest BCUT2D eigenvalue weighted by atomic mass is 32.1. The fourth-order valence-electron chi connectivity index (χ4n) is 3.07. The van der Waals surface area contributed by atoms with E-state index in [0.29, 0.717) is 0 Å². The van der Waals surface area contributed by atoms with Gasteiger partial charge in [-0.1, -0.05) is 24.3 Å². The molecule has 1 unspecified atom stereocenters. The molecular formula is C18H18N2OS. The van der Waals surface area contributed by atoms with Crippen molar-refractivity contribution in [3.05, 3.63) is 64.8 Å². The largest absolute Gasteiger partial charge is 0.371 e. The fourth-order valence-corrected chi connectivity index (χ4v) is 4.01. The SMILES string of the molecule is Cc1ccsc1-c1nccn1CC1OCCc2ccccc21. The van der Waals surface area contributed by atoms with Gasteiger partial charge in [-0.3, -0.25) is 0 Å². The van der Waals surface area contributed by atoms with Crippen molar-refractivity contribution in [1.29, 1.82) is 0 Å². The Hall–Kier alpha value is -1.91. The molecule has 0 spiro atoms. The van der Waals surface area contributed by atoms with Crippen LogP contribution < -0.4 is 0 Å². The van der Waals surface area contributed by atoms with Crippen LogP contribution in [0.5, 0.6) is 0 Å². The van der Waals surface area contributed by atoms with E-state index < -0.39 is 0 Å². The lowest BCUT2D eigenvalue weighted by molar-refractivity contribution is 0.0309. The first-order valence-corrected chi connectivity index (χ1v) is 8.46. The van der Waals surface area contributed by atoms with Crippen LogP contribution in [0.2, 0.25) is 0 Å². The van der Waals surface area contributed by atoms with Gasteiger partial charge in [0, 0.05) is 12.4 Å². The van der Waals surface area contributed by atoms with Crippen LogP contribution >= 0.6 is 11.3 Å². The minimum atomic E-state index is 0.109. The second-order valence-electron chi connectivity index (χ2n) is 5.64. The molecule has 1 aliphatic heterocycles. The number of fused-ring (bicyclic) bond motifs is 1. The molecule has 3 heterocycles. The van der Waals surface area contributed by atoms with E-state index in [1.807, 2.05) is 6.20 Å². The summed E-state index contributed by atoms with van der Waals surface area (Å²) < 4.78 is 8.25. The molecule has 1 aromatic carbocycles. The van der Waals surface area contributed by atoms with Gasteiger partial charge in [0.2, 0.25) is 0 Å². The number of thiophene rings is 1. The summed E-state index contributed by atoms with van der Waals surface area (Å²) in [6.07, 6.45) is 5.05. The Morgan fingerprint density at radius 2 is 2.23 bits per heavy atom. The Labute approximate surface area is 134 Å². The average Bonchev–Trinajstić information content (AvgIpc) is 3.16. The number of nitrogens with zero attached hydrogens (tertiary/aromatic N) is 2. The van der Waals surface area contributed by atoms with Gasteiger partial charge in [-0.05, 0) is 41.5 Å². The van der Waals surface area contributed by atoms with Crippen LogP contribution in [0.4, 0.5) is 0 Å². The Morgan fingerprint density at radius 3 is 3.09 bits per heavy atom. The summed E-state index contributed by atoms with van der Waals surface area (Å²) in [7, 11) is 0. The summed E-state index contributed by atoms with van der Waals surface area (Å²) in [6.45, 7) is 3.74. The van der Waals surface area contributed by atoms with Gasteiger partial charge in [0.05, 0.1) is 18.0 Å². The molecule has 4 heteroatoms. The fraction of sp³-hybridized carbons (Fsp3) is 0.278. The molecule has 0 bridgehead atoms. The van der Waals surface area contributed by atoms with Gasteiger partial charge in [0.1, 0.15) is 11.9 Å². The Kier molecular flexibility index (Phi) is 3.56. The molecule has 0 amide bonds. The summed E-state index contributed by atoms with van der Waals surface area (Å²) in [4.78, 5) is 5.80. The average molecular weight is 310 g/mol. The molecule has 1 atom stereocenters. The molecule has 0 saturated carbocycles. The number of benzene rings is 1. The number of imidazole rings is 1. The molecule has 0 radical (unpaired) electrons. The maximum Gasteiger partial charge on any atom is 0.150 e. The highest BCUT2D eigenvalue weighted by molar-refractivity contribution is 7.13. The first-order chi connectivity index (χ1) is 10.8. The standard InChI is InChI=1S/C18H18N2OS/c1-13-7-11-22-17(13)18-19-8-9-20(18)12-16-15-5-3-2-4-14(15)6-10-21-16/h2-5,7-9,11,16H,6,10,12H2,1H3. The van der Waals surface area contributed by atoms with Crippen molar-refractivity contribution in [3.63, 3.8) is 0 Å². The topological polar surface area (TPSA) is 27.1 Å². The van der Waals surface area contributed by atoms with Crippen LogP contribution in [-0.4, -0.2) is 16.2 Å². The molecule has 3 nitrogen and oxygen atoms in total. The third-order valence-electron chi connectivity index (χ3n) is 4.24. The molecule has 22 heavy (non-hydrogen) atoms. The van der Waals surface area contributed by atoms with E-state index in [4.69, 9.17) is 4.74 Å². The first-order valence-electron chi connectivity index (χ1n) is 7.58. The van der Waals surface area contributed by atoms with Crippen molar-refractivity contribution >= 4 is 11.3 Å². The highest BCUT2D eigenvalue weighted by Crippen LogP contribution is 2.32. The number of hydrogen-bond donors (Lipinski definition) is 0. The zero-order valence-electron chi connectivity index (χ0n) is 12.5. The third kappa shape index (κ3) is 2.38. The van der Waals surface area contributed by atoms with Crippen LogP contribution in [0.15, 0.2) is 48.1 Å². The van der Waals surface area contributed by atoms with Crippen LogP contribution in [0.25, 0.3) is 10.7 Å². The predicted molar refractivity (Wildman–Crippen MR) is 89.1 cm³/mol. The smallest absolute Gasteiger partial charge is 0.150 e. The molecule has 0 aliphatic carbocycles. The minimum Gasteiger partial charge on any atom is -0.371 e. The summed E-state index contributed by atoms with van der Waals surface area (Å²) in [5.41, 5.74) is 4.01. The lowest BCUT2D eigenvalue weighted by Gasteiger charge is -2.26. The van der Waals surface area contributed by atoms with Gasteiger partial charge in [-0.15, -0.1) is 11.3 Å². The highest BCUT2D eigenvalue weighted by Gasteiger charge is 2.22. The van der Waals surface area contributed by atoms with E-state index >= 15 is 0 Å². The molecular weight excluding hydrogens is 292 g/mol. The van der Waals surface area contributed by atoms with Crippen LogP contribution in [0, 0.1) is 6.92 Å². The zero-order chi connectivity index (χ0) is 14.9. The number of hydrogen-bond acceptors (Lipinski definition) is 3. The van der Waals surface area contributed by atoms with E-state index in [9.17, 15) is 0 Å². The molecule has 0 fully saturated rings. The molecule has 4 rings (SSSR count).